The van der Waals surface area contributed by atoms with Gasteiger partial charge in [0.25, 0.3) is 0 Å². The molecular weight excluding hydrogens is 126 g/mol. The third-order valence-electron chi connectivity index (χ3n) is 2.01. The molecule has 0 spiro atoms. The predicted octanol–water partition coefficient (Wildman–Crippen LogP) is 1.79. The van der Waals surface area contributed by atoms with E-state index in [1.54, 1.807) is 6.21 Å². The molecule has 1 fully saturated rings. The Balaban J connectivity index is 2.25. The van der Waals surface area contributed by atoms with Crippen LogP contribution in [0.2, 0.25) is 0 Å². The van der Waals surface area contributed by atoms with Crippen molar-refractivity contribution < 1.29 is 4.79 Å². The molecular formula is C8H13NO. The van der Waals surface area contributed by atoms with Gasteiger partial charge in [-0.3, -0.25) is 4.79 Å². The molecule has 0 aromatic heterocycles. The lowest BCUT2D eigenvalue weighted by Crippen LogP contribution is -2.06. The molecule has 1 aliphatic rings. The minimum atomic E-state index is 0.582. The summed E-state index contributed by atoms with van der Waals surface area (Å²) in [6, 6.07) is 0. The SMILES string of the molecule is O=CN=CC1CCCCC1. The van der Waals surface area contributed by atoms with Crippen LogP contribution in [-0.2, 0) is 4.79 Å². The van der Waals surface area contributed by atoms with Crippen molar-refractivity contribution in [3.63, 3.8) is 0 Å². The van der Waals surface area contributed by atoms with Crippen molar-refractivity contribution in [1.29, 1.82) is 0 Å². The van der Waals surface area contributed by atoms with E-state index >= 15 is 0 Å². The first-order valence-corrected chi connectivity index (χ1v) is 3.90. The maximum Gasteiger partial charge on any atom is 0.232 e. The molecule has 2 nitrogen and oxygen atoms in total. The van der Waals surface area contributed by atoms with Gasteiger partial charge in [-0.2, -0.15) is 0 Å². The van der Waals surface area contributed by atoms with Crippen LogP contribution in [0.1, 0.15) is 32.1 Å². The largest absolute Gasteiger partial charge is 0.276 e. The van der Waals surface area contributed by atoms with E-state index in [9.17, 15) is 4.79 Å². The molecule has 0 atom stereocenters. The molecule has 1 amide bonds. The van der Waals surface area contributed by atoms with Crippen LogP contribution < -0.4 is 0 Å². The summed E-state index contributed by atoms with van der Waals surface area (Å²) in [6.07, 6.45) is 8.81. The summed E-state index contributed by atoms with van der Waals surface area (Å²) in [5.74, 6) is 0.582. The van der Waals surface area contributed by atoms with Crippen LogP contribution in [0.15, 0.2) is 4.99 Å². The molecule has 1 saturated carbocycles. The number of hydrogen-bond donors (Lipinski definition) is 0. The average Bonchev–Trinajstić information content (AvgIpc) is 2.03. The summed E-state index contributed by atoms with van der Waals surface area (Å²) in [4.78, 5) is 13.4. The highest BCUT2D eigenvalue weighted by Crippen LogP contribution is 2.21. The van der Waals surface area contributed by atoms with Gasteiger partial charge in [-0.05, 0) is 18.8 Å². The van der Waals surface area contributed by atoms with Gasteiger partial charge in [-0.25, -0.2) is 4.99 Å². The summed E-state index contributed by atoms with van der Waals surface area (Å²) < 4.78 is 0. The molecule has 1 rings (SSSR count). The van der Waals surface area contributed by atoms with Crippen molar-refractivity contribution in [2.24, 2.45) is 10.9 Å². The smallest absolute Gasteiger partial charge is 0.232 e. The van der Waals surface area contributed by atoms with Crippen molar-refractivity contribution in [3.05, 3.63) is 0 Å². The molecule has 0 aliphatic heterocycles. The van der Waals surface area contributed by atoms with Gasteiger partial charge in [0.15, 0.2) is 0 Å². The number of nitrogens with zero attached hydrogens (tertiary/aromatic N) is 1. The first-order valence-electron chi connectivity index (χ1n) is 3.90. The second-order valence-electron chi connectivity index (χ2n) is 2.80. The second-order valence-corrected chi connectivity index (χ2v) is 2.80. The van der Waals surface area contributed by atoms with Gasteiger partial charge < -0.3 is 0 Å². The van der Waals surface area contributed by atoms with E-state index < -0.39 is 0 Å². The monoisotopic (exact) mass is 139 g/mol. The van der Waals surface area contributed by atoms with E-state index in [2.05, 4.69) is 4.99 Å². The molecule has 0 aromatic carbocycles. The molecule has 0 heterocycles. The lowest BCUT2D eigenvalue weighted by molar-refractivity contribution is -0.106. The van der Waals surface area contributed by atoms with Crippen molar-refractivity contribution in [2.75, 3.05) is 0 Å². The van der Waals surface area contributed by atoms with Gasteiger partial charge in [0.2, 0.25) is 6.41 Å². The van der Waals surface area contributed by atoms with Gasteiger partial charge in [0.1, 0.15) is 0 Å². The molecule has 0 bridgehead atoms. The number of aliphatic imine (C=N–C) groups is 1. The number of rotatable bonds is 2. The molecule has 56 valence electrons. The summed E-state index contributed by atoms with van der Waals surface area (Å²) in [5.41, 5.74) is 0. The molecule has 0 saturated heterocycles. The van der Waals surface area contributed by atoms with Gasteiger partial charge >= 0.3 is 0 Å². The van der Waals surface area contributed by atoms with Crippen LogP contribution in [0.4, 0.5) is 0 Å². The van der Waals surface area contributed by atoms with Crippen molar-refractivity contribution >= 4 is 12.6 Å². The standard InChI is InChI=1S/C8H13NO/c10-7-9-6-8-4-2-1-3-5-8/h6-8H,1-5H2. The predicted molar refractivity (Wildman–Crippen MR) is 41.1 cm³/mol. The van der Waals surface area contributed by atoms with Crippen LogP contribution in [0, 0.1) is 5.92 Å². The normalized spacial score (nSPS) is 21.6. The maximum atomic E-state index is 9.85. The number of carbonyl (C=O) groups is 1. The fourth-order valence-corrected chi connectivity index (χ4v) is 1.44. The molecule has 10 heavy (non-hydrogen) atoms. The third-order valence-corrected chi connectivity index (χ3v) is 2.01. The lowest BCUT2D eigenvalue weighted by Gasteiger charge is -2.16. The molecule has 1 aliphatic carbocycles. The van der Waals surface area contributed by atoms with E-state index in [-0.39, 0.29) is 0 Å². The Morgan fingerprint density at radius 3 is 2.50 bits per heavy atom. The Morgan fingerprint density at radius 2 is 1.90 bits per heavy atom. The minimum Gasteiger partial charge on any atom is -0.276 e. The molecule has 0 N–H and O–H groups in total. The molecule has 2 heteroatoms. The zero-order valence-corrected chi connectivity index (χ0v) is 6.12. The number of carbonyl (C=O) groups excluding carboxylic acids is 1. The topological polar surface area (TPSA) is 29.4 Å². The lowest BCUT2D eigenvalue weighted by atomic mass is 9.90. The fraction of sp³-hybridized carbons (Fsp3) is 0.750. The quantitative estimate of drug-likeness (QED) is 0.423. The van der Waals surface area contributed by atoms with Crippen LogP contribution >= 0.6 is 0 Å². The average molecular weight is 139 g/mol. The Labute approximate surface area is 61.3 Å². The first-order chi connectivity index (χ1) is 4.93. The summed E-state index contributed by atoms with van der Waals surface area (Å²) in [6.45, 7) is 0. The van der Waals surface area contributed by atoms with E-state index in [1.165, 1.54) is 32.1 Å². The van der Waals surface area contributed by atoms with Crippen LogP contribution in [0.25, 0.3) is 0 Å². The van der Waals surface area contributed by atoms with Crippen LogP contribution in [0.5, 0.6) is 0 Å². The Kier molecular flexibility index (Phi) is 3.13. The van der Waals surface area contributed by atoms with Crippen LogP contribution in [-0.4, -0.2) is 12.6 Å². The number of amides is 1. The maximum absolute atomic E-state index is 9.85. The summed E-state index contributed by atoms with van der Waals surface area (Å²) in [7, 11) is 0. The summed E-state index contributed by atoms with van der Waals surface area (Å²) in [5, 5.41) is 0. The first kappa shape index (κ1) is 7.45. The van der Waals surface area contributed by atoms with E-state index in [4.69, 9.17) is 0 Å². The fourth-order valence-electron chi connectivity index (χ4n) is 1.44. The highest BCUT2D eigenvalue weighted by Gasteiger charge is 2.09. The third kappa shape index (κ3) is 2.29. The van der Waals surface area contributed by atoms with E-state index in [0.29, 0.717) is 12.3 Å². The summed E-state index contributed by atoms with van der Waals surface area (Å²) >= 11 is 0. The molecule has 0 aromatic rings. The van der Waals surface area contributed by atoms with Crippen molar-refractivity contribution in [3.8, 4) is 0 Å². The van der Waals surface area contributed by atoms with Crippen LogP contribution in [0.3, 0.4) is 0 Å². The van der Waals surface area contributed by atoms with E-state index in [1.807, 2.05) is 0 Å². The van der Waals surface area contributed by atoms with E-state index in [0.717, 1.165) is 0 Å². The second kappa shape index (κ2) is 4.20. The number of hydrogen-bond acceptors (Lipinski definition) is 1. The highest BCUT2D eigenvalue weighted by molar-refractivity contribution is 5.71. The van der Waals surface area contributed by atoms with Crippen molar-refractivity contribution in [2.45, 2.75) is 32.1 Å². The van der Waals surface area contributed by atoms with Gasteiger partial charge in [0, 0.05) is 6.21 Å². The Morgan fingerprint density at radius 1 is 1.20 bits per heavy atom. The molecule has 0 unspecified atom stereocenters. The van der Waals surface area contributed by atoms with Gasteiger partial charge in [0.05, 0.1) is 0 Å². The molecule has 0 radical (unpaired) electrons. The Bertz CT molecular complexity index is 125. The van der Waals surface area contributed by atoms with Gasteiger partial charge in [-0.1, -0.05) is 19.3 Å². The van der Waals surface area contributed by atoms with Gasteiger partial charge in [-0.15, -0.1) is 0 Å². The van der Waals surface area contributed by atoms with Crippen molar-refractivity contribution in [1.82, 2.24) is 0 Å². The zero-order valence-electron chi connectivity index (χ0n) is 6.12. The highest BCUT2D eigenvalue weighted by atomic mass is 16.1. The minimum absolute atomic E-state index is 0.582. The zero-order chi connectivity index (χ0) is 7.23. The Hall–Kier alpha value is -0.660.